The van der Waals surface area contributed by atoms with Crippen molar-refractivity contribution < 1.29 is 38.5 Å². The van der Waals surface area contributed by atoms with Gasteiger partial charge < -0.3 is 19.3 Å². The van der Waals surface area contributed by atoms with Gasteiger partial charge in [-0.2, -0.15) is 0 Å². The molecule has 8 heteroatoms. The molecule has 7 atom stereocenters. The quantitative estimate of drug-likeness (QED) is 0.152. The standard InChI is InChI=1S/C40H46O8/c1-26-17-20-32(47-33(42)21-18-30-13-9-7-10-14-30)39(5,6)24-23-27(2)38(44)40(45)25-28(3)37(35(40)36(26)46-29(4)41)48-34(43)22-19-31-15-11-8-12-16-31/h7-16,18-19,21-24,27-28,32,35-37,45H,1,17,20,25H2,2-6H3. The van der Waals surface area contributed by atoms with Crippen LogP contribution in [0.25, 0.3) is 12.2 Å². The van der Waals surface area contributed by atoms with Gasteiger partial charge in [0.2, 0.25) is 0 Å². The van der Waals surface area contributed by atoms with E-state index in [0.717, 1.165) is 11.1 Å². The molecule has 0 amide bonds. The molecule has 1 N–H and O–H groups in total. The average Bonchev–Trinajstić information content (AvgIpc) is 3.31. The molecule has 0 saturated heterocycles. The molecule has 8 nitrogen and oxygen atoms in total. The molecule has 254 valence electrons. The van der Waals surface area contributed by atoms with Crippen LogP contribution < -0.4 is 0 Å². The SMILES string of the molecule is C=C1CCC(OC(=O)C=Cc2ccccc2)C(C)(C)C=CC(C)C(=O)C2(O)CC(C)C(OC(=O)C=Cc3ccccc3)C2C1OC(C)=O. The Kier molecular flexibility index (Phi) is 11.8. The molecule has 2 aliphatic rings. The van der Waals surface area contributed by atoms with Crippen molar-refractivity contribution in [2.75, 3.05) is 0 Å². The van der Waals surface area contributed by atoms with E-state index in [9.17, 15) is 24.3 Å². The molecule has 1 fully saturated rings. The van der Waals surface area contributed by atoms with E-state index >= 15 is 0 Å². The highest BCUT2D eigenvalue weighted by Gasteiger charge is 2.61. The van der Waals surface area contributed by atoms with Gasteiger partial charge in [0.25, 0.3) is 0 Å². The third kappa shape index (κ3) is 8.86. The van der Waals surface area contributed by atoms with E-state index in [1.54, 1.807) is 32.1 Å². The van der Waals surface area contributed by atoms with Crippen molar-refractivity contribution in [3.63, 3.8) is 0 Å². The number of allylic oxidation sites excluding steroid dienone is 1. The van der Waals surface area contributed by atoms with Crippen LogP contribution in [0.15, 0.2) is 97.1 Å². The van der Waals surface area contributed by atoms with E-state index < -0.39 is 70.8 Å². The first-order valence-corrected chi connectivity index (χ1v) is 16.4. The van der Waals surface area contributed by atoms with Gasteiger partial charge in [-0.25, -0.2) is 9.59 Å². The Morgan fingerprint density at radius 3 is 1.96 bits per heavy atom. The third-order valence-electron chi connectivity index (χ3n) is 9.27. The minimum Gasteiger partial charge on any atom is -0.458 e. The summed E-state index contributed by atoms with van der Waals surface area (Å²) in [5.41, 5.74) is -0.647. The number of aliphatic hydroxyl groups is 1. The first-order chi connectivity index (χ1) is 22.7. The molecule has 0 aliphatic heterocycles. The highest BCUT2D eigenvalue weighted by Crippen LogP contribution is 2.48. The summed E-state index contributed by atoms with van der Waals surface area (Å²) in [6.07, 6.45) is 7.28. The zero-order chi connectivity index (χ0) is 35.1. The highest BCUT2D eigenvalue weighted by atomic mass is 16.6. The van der Waals surface area contributed by atoms with Crippen molar-refractivity contribution in [2.24, 2.45) is 23.2 Å². The summed E-state index contributed by atoms with van der Waals surface area (Å²) in [4.78, 5) is 52.8. The molecule has 48 heavy (non-hydrogen) atoms. The van der Waals surface area contributed by atoms with Crippen molar-refractivity contribution in [1.29, 1.82) is 0 Å². The van der Waals surface area contributed by atoms with Crippen LogP contribution in [0, 0.1) is 23.2 Å². The van der Waals surface area contributed by atoms with E-state index in [1.165, 1.54) is 19.1 Å². The fraction of sp³-hybridized carbons (Fsp3) is 0.400. The van der Waals surface area contributed by atoms with Gasteiger partial charge in [-0.3, -0.25) is 9.59 Å². The van der Waals surface area contributed by atoms with Gasteiger partial charge >= 0.3 is 17.9 Å². The van der Waals surface area contributed by atoms with Gasteiger partial charge in [-0.15, -0.1) is 0 Å². The molecule has 2 aromatic carbocycles. The second-order valence-electron chi connectivity index (χ2n) is 13.5. The number of rotatable bonds is 7. The third-order valence-corrected chi connectivity index (χ3v) is 9.27. The molecule has 2 aliphatic carbocycles. The van der Waals surface area contributed by atoms with Crippen molar-refractivity contribution in [2.45, 2.75) is 77.8 Å². The van der Waals surface area contributed by atoms with Gasteiger partial charge in [0.05, 0.1) is 5.92 Å². The maximum atomic E-state index is 14.2. The van der Waals surface area contributed by atoms with E-state index in [4.69, 9.17) is 14.2 Å². The van der Waals surface area contributed by atoms with Crippen LogP contribution in [0.4, 0.5) is 0 Å². The van der Waals surface area contributed by atoms with Crippen LogP contribution in [0.5, 0.6) is 0 Å². The molecule has 2 aromatic rings. The summed E-state index contributed by atoms with van der Waals surface area (Å²) in [5, 5.41) is 12.2. The molecule has 1 saturated carbocycles. The topological polar surface area (TPSA) is 116 Å². The second-order valence-corrected chi connectivity index (χ2v) is 13.5. The van der Waals surface area contributed by atoms with Crippen LogP contribution in [0.1, 0.15) is 65.0 Å². The lowest BCUT2D eigenvalue weighted by Gasteiger charge is -2.39. The largest absolute Gasteiger partial charge is 0.458 e. The van der Waals surface area contributed by atoms with E-state index in [2.05, 4.69) is 6.58 Å². The minimum absolute atomic E-state index is 0.00253. The lowest BCUT2D eigenvalue weighted by atomic mass is 9.73. The number of benzene rings is 2. The van der Waals surface area contributed by atoms with Crippen molar-refractivity contribution in [3.8, 4) is 0 Å². The summed E-state index contributed by atoms with van der Waals surface area (Å²) in [6, 6.07) is 18.6. The van der Waals surface area contributed by atoms with Gasteiger partial charge in [0.15, 0.2) is 5.78 Å². The normalized spacial score (nSPS) is 29.1. The average molecular weight is 655 g/mol. The first-order valence-electron chi connectivity index (χ1n) is 16.4. The minimum atomic E-state index is -1.99. The second kappa shape index (κ2) is 15.6. The van der Waals surface area contributed by atoms with Crippen LogP contribution in [0.3, 0.4) is 0 Å². The molecule has 0 aromatic heterocycles. The maximum absolute atomic E-state index is 14.2. The summed E-state index contributed by atoms with van der Waals surface area (Å²) >= 11 is 0. The Hall–Kier alpha value is -4.56. The summed E-state index contributed by atoms with van der Waals surface area (Å²) in [5.74, 6) is -4.66. The van der Waals surface area contributed by atoms with Gasteiger partial charge in [-0.05, 0) is 54.0 Å². The number of carbonyl (C=O) groups is 4. The summed E-state index contributed by atoms with van der Waals surface area (Å²) < 4.78 is 17.8. The van der Waals surface area contributed by atoms with Crippen LogP contribution in [0.2, 0.25) is 0 Å². The van der Waals surface area contributed by atoms with E-state index in [-0.39, 0.29) is 12.8 Å². The molecule has 0 bridgehead atoms. The first kappa shape index (κ1) is 36.3. The number of esters is 3. The lowest BCUT2D eigenvalue weighted by Crippen LogP contribution is -2.54. The number of ketones is 1. The number of hydrogen-bond acceptors (Lipinski definition) is 8. The Balaban J connectivity index is 1.67. The number of hydrogen-bond donors (Lipinski definition) is 1. The van der Waals surface area contributed by atoms with Gasteiger partial charge in [0, 0.05) is 30.4 Å². The summed E-state index contributed by atoms with van der Waals surface area (Å²) in [7, 11) is 0. The zero-order valence-corrected chi connectivity index (χ0v) is 28.3. The molecular formula is C40H46O8. The fourth-order valence-corrected chi connectivity index (χ4v) is 6.67. The van der Waals surface area contributed by atoms with E-state index in [1.807, 2.05) is 80.6 Å². The Morgan fingerprint density at radius 2 is 1.42 bits per heavy atom. The predicted octanol–water partition coefficient (Wildman–Crippen LogP) is 6.69. The van der Waals surface area contributed by atoms with Crippen molar-refractivity contribution in [3.05, 3.63) is 108 Å². The monoisotopic (exact) mass is 654 g/mol. The molecular weight excluding hydrogens is 608 g/mol. The Morgan fingerprint density at radius 1 is 0.875 bits per heavy atom. The van der Waals surface area contributed by atoms with Crippen molar-refractivity contribution in [1.82, 2.24) is 0 Å². The molecule has 0 heterocycles. The lowest BCUT2D eigenvalue weighted by molar-refractivity contribution is -0.170. The Labute approximate surface area is 283 Å². The number of carbonyl (C=O) groups excluding carboxylic acids is 4. The molecule has 0 radical (unpaired) electrons. The smallest absolute Gasteiger partial charge is 0.331 e. The number of Topliss-reactive ketones (excluding diaryl/α,β-unsaturated/α-hetero) is 1. The predicted molar refractivity (Wildman–Crippen MR) is 184 cm³/mol. The van der Waals surface area contributed by atoms with Crippen LogP contribution in [-0.2, 0) is 33.4 Å². The highest BCUT2D eigenvalue weighted by molar-refractivity contribution is 5.92. The van der Waals surface area contributed by atoms with E-state index in [0.29, 0.717) is 12.0 Å². The summed E-state index contributed by atoms with van der Waals surface area (Å²) in [6.45, 7) is 12.8. The van der Waals surface area contributed by atoms with Crippen LogP contribution >= 0.6 is 0 Å². The fourth-order valence-electron chi connectivity index (χ4n) is 6.67. The van der Waals surface area contributed by atoms with Crippen molar-refractivity contribution >= 4 is 35.8 Å². The van der Waals surface area contributed by atoms with Crippen LogP contribution in [-0.4, -0.2) is 52.7 Å². The number of fused-ring (bicyclic) bond motifs is 1. The molecule has 0 spiro atoms. The number of ether oxygens (including phenoxy) is 3. The zero-order valence-electron chi connectivity index (χ0n) is 28.3. The molecule has 4 rings (SSSR count). The van der Waals surface area contributed by atoms with Gasteiger partial charge in [-0.1, -0.05) is 107 Å². The molecule has 7 unspecified atom stereocenters. The van der Waals surface area contributed by atoms with Gasteiger partial charge in [0.1, 0.15) is 23.9 Å². The maximum Gasteiger partial charge on any atom is 0.331 e. The Bertz CT molecular complexity index is 1570.